The summed E-state index contributed by atoms with van der Waals surface area (Å²) in [6.07, 6.45) is 0. The smallest absolute Gasteiger partial charge is 0.349 e. The second kappa shape index (κ2) is 4.91. The number of carboxylic acids is 1. The lowest BCUT2D eigenvalue weighted by atomic mass is 10.2. The van der Waals surface area contributed by atoms with Gasteiger partial charge in [0.05, 0.1) is 0 Å². The Morgan fingerprint density at radius 2 is 2.28 bits per heavy atom. The molecule has 0 bridgehead atoms. The van der Waals surface area contributed by atoms with E-state index in [0.29, 0.717) is 5.56 Å². The molecule has 0 amide bonds. The first kappa shape index (κ1) is 12.8. The third-order valence-electron chi connectivity index (χ3n) is 2.11. The summed E-state index contributed by atoms with van der Waals surface area (Å²) in [5.41, 5.74) is 0.425. The minimum atomic E-state index is -1.20. The maximum atomic E-state index is 13.7. The molecule has 0 aliphatic rings. The summed E-state index contributed by atoms with van der Waals surface area (Å²) in [6.45, 7) is 1.60. The van der Waals surface area contributed by atoms with Crippen LogP contribution in [-0.4, -0.2) is 16.1 Å². The van der Waals surface area contributed by atoms with E-state index < -0.39 is 11.8 Å². The Morgan fingerprint density at radius 3 is 2.89 bits per heavy atom. The van der Waals surface area contributed by atoms with Crippen molar-refractivity contribution in [3.63, 3.8) is 0 Å². The van der Waals surface area contributed by atoms with Gasteiger partial charge in [-0.1, -0.05) is 35.1 Å². The Labute approximate surface area is 111 Å². The molecular formula is C11H7ClFNO3S. The van der Waals surface area contributed by atoms with Crippen molar-refractivity contribution in [1.29, 1.82) is 0 Å². The number of benzene rings is 1. The average Bonchev–Trinajstić information content (AvgIpc) is 2.66. The van der Waals surface area contributed by atoms with Crippen LogP contribution < -0.4 is 4.74 Å². The van der Waals surface area contributed by atoms with Crippen molar-refractivity contribution in [2.45, 2.75) is 6.92 Å². The van der Waals surface area contributed by atoms with Crippen molar-refractivity contribution in [3.05, 3.63) is 39.6 Å². The van der Waals surface area contributed by atoms with E-state index >= 15 is 0 Å². The van der Waals surface area contributed by atoms with E-state index in [9.17, 15) is 9.18 Å². The second-order valence-corrected chi connectivity index (χ2v) is 4.71. The lowest BCUT2D eigenvalue weighted by molar-refractivity contribution is 0.0702. The van der Waals surface area contributed by atoms with E-state index in [4.69, 9.17) is 21.4 Å². The monoisotopic (exact) mass is 287 g/mol. The van der Waals surface area contributed by atoms with E-state index in [2.05, 4.69) is 4.98 Å². The third kappa shape index (κ3) is 2.44. The summed E-state index contributed by atoms with van der Waals surface area (Å²) in [5.74, 6) is -1.73. The molecule has 1 aromatic carbocycles. The van der Waals surface area contributed by atoms with Gasteiger partial charge in [-0.15, -0.1) is 0 Å². The fraction of sp³-hybridized carbons (Fsp3) is 0.0909. The Morgan fingerprint density at radius 1 is 1.56 bits per heavy atom. The lowest BCUT2D eigenvalue weighted by Crippen LogP contribution is -1.91. The Bertz CT molecular complexity index is 614. The van der Waals surface area contributed by atoms with Crippen LogP contribution >= 0.6 is 22.9 Å². The zero-order valence-electron chi connectivity index (χ0n) is 9.11. The van der Waals surface area contributed by atoms with Crippen LogP contribution in [-0.2, 0) is 0 Å². The highest BCUT2D eigenvalue weighted by molar-refractivity contribution is 7.15. The molecule has 0 unspecified atom stereocenters. The largest absolute Gasteiger partial charge is 0.477 e. The first-order valence-corrected chi connectivity index (χ1v) is 6.01. The molecule has 0 spiro atoms. The predicted octanol–water partition coefficient (Wildman–Crippen LogP) is 3.73. The third-order valence-corrected chi connectivity index (χ3v) is 3.42. The van der Waals surface area contributed by atoms with E-state index in [1.807, 2.05) is 0 Å². The molecule has 0 atom stereocenters. The number of nitrogens with zero attached hydrogens (tertiary/aromatic N) is 1. The number of aromatic nitrogens is 1. The molecule has 0 saturated carbocycles. The van der Waals surface area contributed by atoms with Gasteiger partial charge in [-0.2, -0.15) is 4.98 Å². The first-order chi connectivity index (χ1) is 8.49. The minimum Gasteiger partial charge on any atom is -0.477 e. The number of ether oxygens (including phenoxy) is 1. The topological polar surface area (TPSA) is 59.4 Å². The molecule has 94 valence electrons. The minimum absolute atomic E-state index is 0.0121. The summed E-state index contributed by atoms with van der Waals surface area (Å²) < 4.78 is 18.8. The van der Waals surface area contributed by atoms with Gasteiger partial charge in [-0.3, -0.25) is 0 Å². The van der Waals surface area contributed by atoms with Gasteiger partial charge in [0.25, 0.3) is 5.19 Å². The SMILES string of the molecule is Cc1cccc(Oc2nc(Cl)c(C(=O)O)s2)c1F. The number of thiazole rings is 1. The Balaban J connectivity index is 2.32. The number of aryl methyl sites for hydroxylation is 1. The number of carbonyl (C=O) groups is 1. The van der Waals surface area contributed by atoms with E-state index in [0.717, 1.165) is 11.3 Å². The molecule has 1 aromatic heterocycles. The summed E-state index contributed by atoms with van der Waals surface area (Å²) >= 11 is 6.37. The number of hydrogen-bond donors (Lipinski definition) is 1. The molecule has 18 heavy (non-hydrogen) atoms. The summed E-state index contributed by atoms with van der Waals surface area (Å²) in [7, 11) is 0. The number of hydrogen-bond acceptors (Lipinski definition) is 4. The molecule has 0 aliphatic carbocycles. The van der Waals surface area contributed by atoms with Crippen LogP contribution in [0.5, 0.6) is 10.9 Å². The molecule has 0 fully saturated rings. The average molecular weight is 288 g/mol. The molecule has 0 aliphatic heterocycles. The van der Waals surface area contributed by atoms with Crippen molar-refractivity contribution >= 4 is 28.9 Å². The van der Waals surface area contributed by atoms with Crippen molar-refractivity contribution < 1.29 is 19.0 Å². The van der Waals surface area contributed by atoms with Crippen LogP contribution in [0.4, 0.5) is 4.39 Å². The highest BCUT2D eigenvalue weighted by atomic mass is 35.5. The van der Waals surface area contributed by atoms with Crippen molar-refractivity contribution in [3.8, 4) is 10.9 Å². The standard InChI is InChI=1S/C11H7ClFNO3S/c1-5-3-2-4-6(7(5)13)17-11-14-9(12)8(18-11)10(15)16/h2-4H,1H3,(H,15,16). The lowest BCUT2D eigenvalue weighted by Gasteiger charge is -2.04. The van der Waals surface area contributed by atoms with Crippen LogP contribution in [0.3, 0.4) is 0 Å². The molecule has 2 aromatic rings. The van der Waals surface area contributed by atoms with Crippen LogP contribution in [0, 0.1) is 12.7 Å². The van der Waals surface area contributed by atoms with Crippen LogP contribution in [0.1, 0.15) is 15.2 Å². The fourth-order valence-electron chi connectivity index (χ4n) is 1.25. The summed E-state index contributed by atoms with van der Waals surface area (Å²) in [6, 6.07) is 4.65. The zero-order valence-corrected chi connectivity index (χ0v) is 10.7. The number of rotatable bonds is 3. The first-order valence-electron chi connectivity index (χ1n) is 4.81. The number of aromatic carboxylic acids is 1. The van der Waals surface area contributed by atoms with Gasteiger partial charge in [0.2, 0.25) is 0 Å². The molecule has 0 saturated heterocycles. The second-order valence-electron chi connectivity index (χ2n) is 3.39. The van der Waals surface area contributed by atoms with Crippen LogP contribution in [0.2, 0.25) is 5.15 Å². The number of carboxylic acid groups (broad SMARTS) is 1. The summed E-state index contributed by atoms with van der Waals surface area (Å²) in [4.78, 5) is 14.3. The van der Waals surface area contributed by atoms with Crippen molar-refractivity contribution in [1.82, 2.24) is 4.98 Å². The molecule has 1 N–H and O–H groups in total. The van der Waals surface area contributed by atoms with Gasteiger partial charge < -0.3 is 9.84 Å². The van der Waals surface area contributed by atoms with Gasteiger partial charge in [0, 0.05) is 0 Å². The van der Waals surface area contributed by atoms with Crippen molar-refractivity contribution in [2.24, 2.45) is 0 Å². The molecule has 2 rings (SSSR count). The van der Waals surface area contributed by atoms with Gasteiger partial charge in [0.15, 0.2) is 21.6 Å². The molecule has 1 heterocycles. The summed E-state index contributed by atoms with van der Waals surface area (Å²) in [5, 5.41) is 8.62. The predicted molar refractivity (Wildman–Crippen MR) is 65.3 cm³/mol. The van der Waals surface area contributed by atoms with Crippen molar-refractivity contribution in [2.75, 3.05) is 0 Å². The molecule has 7 heteroatoms. The maximum absolute atomic E-state index is 13.7. The van der Waals surface area contributed by atoms with E-state index in [1.165, 1.54) is 6.07 Å². The highest BCUT2D eigenvalue weighted by Gasteiger charge is 2.18. The molecule has 4 nitrogen and oxygen atoms in total. The normalized spacial score (nSPS) is 10.4. The molecule has 0 radical (unpaired) electrons. The Hall–Kier alpha value is -1.66. The number of halogens is 2. The van der Waals surface area contributed by atoms with Gasteiger partial charge >= 0.3 is 5.97 Å². The van der Waals surface area contributed by atoms with Gasteiger partial charge in [-0.05, 0) is 18.6 Å². The van der Waals surface area contributed by atoms with E-state index in [1.54, 1.807) is 19.1 Å². The maximum Gasteiger partial charge on any atom is 0.349 e. The van der Waals surface area contributed by atoms with Crippen LogP contribution in [0.25, 0.3) is 0 Å². The van der Waals surface area contributed by atoms with Gasteiger partial charge in [-0.25, -0.2) is 9.18 Å². The van der Waals surface area contributed by atoms with E-state index in [-0.39, 0.29) is 21.0 Å². The fourth-order valence-corrected chi connectivity index (χ4v) is 2.24. The van der Waals surface area contributed by atoms with Gasteiger partial charge in [0.1, 0.15) is 0 Å². The Kier molecular flexibility index (Phi) is 3.49. The van der Waals surface area contributed by atoms with Crippen LogP contribution in [0.15, 0.2) is 18.2 Å². The highest BCUT2D eigenvalue weighted by Crippen LogP contribution is 2.33. The zero-order chi connectivity index (χ0) is 13.3. The quantitative estimate of drug-likeness (QED) is 0.934. The molecular weight excluding hydrogens is 281 g/mol.